The maximum absolute atomic E-state index is 11.3. The second-order valence-corrected chi connectivity index (χ2v) is 7.69. The summed E-state index contributed by atoms with van der Waals surface area (Å²) in [6.45, 7) is 0. The molecule has 2 rings (SSSR count). The van der Waals surface area contributed by atoms with Gasteiger partial charge in [0.2, 0.25) is 0 Å². The molecule has 0 radical (unpaired) electrons. The van der Waals surface area contributed by atoms with Gasteiger partial charge >= 0.3 is 88.7 Å². The first kappa shape index (κ1) is 32.1. The summed E-state index contributed by atoms with van der Waals surface area (Å²) < 4.78 is 65.4. The van der Waals surface area contributed by atoms with Gasteiger partial charge in [-0.15, -0.1) is 0 Å². The molecule has 30 heavy (non-hydrogen) atoms. The summed E-state index contributed by atoms with van der Waals surface area (Å²) in [4.78, 5) is 8.56. The van der Waals surface area contributed by atoms with Crippen molar-refractivity contribution < 1.29 is 130 Å². The topological polar surface area (TPSA) is 225 Å². The summed E-state index contributed by atoms with van der Waals surface area (Å²) in [5.41, 5.74) is 2.91. The molecule has 0 aliphatic rings. The van der Waals surface area contributed by atoms with Gasteiger partial charge in [-0.2, -0.15) is 18.6 Å². The zero-order valence-electron chi connectivity index (χ0n) is 15.9. The van der Waals surface area contributed by atoms with Crippen LogP contribution in [0.3, 0.4) is 0 Å². The molecule has 0 aromatic heterocycles. The fourth-order valence-electron chi connectivity index (χ4n) is 1.92. The molecule has 0 fully saturated rings. The number of hydrogen-bond donors (Lipinski definition) is 2. The Bertz CT molecular complexity index is 1130. The van der Waals surface area contributed by atoms with Gasteiger partial charge in [0.25, 0.3) is 10.1 Å². The summed E-state index contributed by atoms with van der Waals surface area (Å²) in [6.07, 6.45) is 0. The Balaban J connectivity index is 0. The van der Waals surface area contributed by atoms with Gasteiger partial charge in [0.15, 0.2) is 0 Å². The van der Waals surface area contributed by atoms with Crippen LogP contribution in [-0.2, 0) is 20.2 Å². The Hall–Kier alpha value is -0.0700. The van der Waals surface area contributed by atoms with Crippen molar-refractivity contribution in [2.24, 2.45) is 10.2 Å². The number of nitrogen functional groups attached to an aromatic ring is 1. The number of anilines is 1. The molecule has 0 spiro atoms. The fourth-order valence-corrected chi connectivity index (χ4v) is 3.29. The summed E-state index contributed by atoms with van der Waals surface area (Å²) in [7, 11) is -10.2. The Kier molecular flexibility index (Phi) is 13.1. The van der Waals surface area contributed by atoms with Crippen LogP contribution in [0.25, 0.3) is 0 Å². The van der Waals surface area contributed by atoms with Crippen LogP contribution in [0.5, 0.6) is 5.75 Å². The van der Waals surface area contributed by atoms with E-state index in [1.54, 1.807) is 0 Å². The van der Waals surface area contributed by atoms with Crippen LogP contribution in [-0.4, -0.2) is 31.9 Å². The average molecular weight is 483 g/mol. The number of nitrogens with zero attached hydrogens (tertiary/aromatic N) is 2. The number of aromatic carboxylic acids is 1. The first-order chi connectivity index (χ1) is 12.3. The van der Waals surface area contributed by atoms with Crippen molar-refractivity contribution in [3.8, 4) is 5.75 Å². The molecule has 0 saturated heterocycles. The molecule has 0 unspecified atom stereocenters. The molecule has 3 N–H and O–H groups in total. The zero-order valence-corrected chi connectivity index (χ0v) is 23.5. The van der Waals surface area contributed by atoms with Crippen LogP contribution >= 0.6 is 0 Å². The van der Waals surface area contributed by atoms with E-state index in [1.807, 2.05) is 0 Å². The van der Waals surface area contributed by atoms with Crippen molar-refractivity contribution in [1.82, 2.24) is 0 Å². The van der Waals surface area contributed by atoms with Gasteiger partial charge in [0.1, 0.15) is 15.0 Å². The van der Waals surface area contributed by atoms with Crippen molar-refractivity contribution in [1.29, 1.82) is 0 Å². The number of benzene rings is 2. The molecule has 144 valence electrons. The van der Waals surface area contributed by atoms with E-state index in [1.165, 1.54) is 0 Å². The number of rotatable bonds is 5. The van der Waals surface area contributed by atoms with Gasteiger partial charge in [-0.05, 0) is 29.8 Å². The Morgan fingerprint density at radius 2 is 1.43 bits per heavy atom. The van der Waals surface area contributed by atoms with Crippen molar-refractivity contribution >= 4 is 43.3 Å². The first-order valence-electron chi connectivity index (χ1n) is 6.62. The molecule has 0 amide bonds. The molecule has 2 aromatic carbocycles. The van der Waals surface area contributed by atoms with Crippen LogP contribution in [0.4, 0.5) is 17.1 Å². The number of hydrogen-bond acceptors (Lipinski definition) is 11. The van der Waals surface area contributed by atoms with Crippen molar-refractivity contribution in [2.45, 2.75) is 9.79 Å². The SMILES string of the molecule is Nc1c(S(=O)(=O)[O-])cc(N=Nc2ccc([O-])c(C(=O)[O-])c2)cc1S(=O)(=O)O.[Na+].[Na+].[Na+]. The number of carbonyl (C=O) groups is 1. The fraction of sp³-hybridized carbons (Fsp3) is 0. The first-order valence-corrected chi connectivity index (χ1v) is 9.46. The molecule has 0 aliphatic heterocycles. The maximum atomic E-state index is 11.3. The van der Waals surface area contributed by atoms with Gasteiger partial charge in [-0.3, -0.25) is 4.55 Å². The molecule has 0 heterocycles. The Morgan fingerprint density at radius 3 is 1.90 bits per heavy atom. The van der Waals surface area contributed by atoms with E-state index in [-0.39, 0.29) is 94.4 Å². The molecule has 0 bridgehead atoms. The van der Waals surface area contributed by atoms with Crippen LogP contribution < -0.4 is 105 Å². The molecular weight excluding hydrogens is 475 g/mol. The van der Waals surface area contributed by atoms with Crippen molar-refractivity contribution in [2.75, 3.05) is 5.73 Å². The largest absolute Gasteiger partial charge is 1.00 e. The summed E-state index contributed by atoms with van der Waals surface area (Å²) in [5, 5.41) is 29.1. The zero-order chi connectivity index (χ0) is 20.6. The number of carbonyl (C=O) groups excluding carboxylic acids is 1. The van der Waals surface area contributed by atoms with Gasteiger partial charge in [-0.25, -0.2) is 8.42 Å². The minimum absolute atomic E-state index is 0. The van der Waals surface area contributed by atoms with E-state index in [2.05, 4.69) is 10.2 Å². The van der Waals surface area contributed by atoms with E-state index in [9.17, 15) is 36.4 Å². The smallest absolute Gasteiger partial charge is 0.872 e. The molecule has 0 atom stereocenters. The second kappa shape index (κ2) is 12.2. The van der Waals surface area contributed by atoms with E-state index in [0.29, 0.717) is 12.1 Å². The minimum Gasteiger partial charge on any atom is -0.872 e. The number of carboxylic acid groups (broad SMARTS) is 1. The summed E-state index contributed by atoms with van der Waals surface area (Å²) >= 11 is 0. The third kappa shape index (κ3) is 8.12. The normalized spacial score (nSPS) is 11.1. The van der Waals surface area contributed by atoms with E-state index in [0.717, 1.165) is 18.2 Å². The van der Waals surface area contributed by atoms with Gasteiger partial charge in [0.05, 0.1) is 27.9 Å². The predicted octanol–water partition coefficient (Wildman–Crippen LogP) is -9.72. The number of nitrogens with two attached hydrogens (primary N) is 1. The molecule has 12 nitrogen and oxygen atoms in total. The standard InChI is InChI=1S/C13H11N3O9S2.3Na/c14-12-10(26(20,21)22)4-7(5-11(12)27(23,24)25)16-15-6-1-2-9(17)8(3-6)13(18)19;;;/h1-5,17H,14H2,(H,18,19)(H,20,21,22)(H,23,24,25);;;/q;3*+1/p-3. The van der Waals surface area contributed by atoms with Gasteiger partial charge in [0, 0.05) is 0 Å². The second-order valence-electron chi connectivity index (χ2n) is 4.95. The summed E-state index contributed by atoms with van der Waals surface area (Å²) in [5.74, 6) is -2.62. The van der Waals surface area contributed by atoms with E-state index in [4.69, 9.17) is 10.3 Å². The van der Waals surface area contributed by atoms with Crippen LogP contribution in [0.15, 0.2) is 50.4 Å². The summed E-state index contributed by atoms with van der Waals surface area (Å²) in [6, 6.07) is 4.00. The average Bonchev–Trinajstić information content (AvgIpc) is 2.52. The number of carboxylic acids is 1. The molecule has 0 saturated carbocycles. The van der Waals surface area contributed by atoms with Gasteiger partial charge in [-0.1, -0.05) is 11.8 Å². The number of azo groups is 1. The van der Waals surface area contributed by atoms with E-state index >= 15 is 0 Å². The third-order valence-electron chi connectivity index (χ3n) is 3.10. The Labute approximate surface area is 237 Å². The van der Waals surface area contributed by atoms with Crippen LogP contribution in [0.2, 0.25) is 0 Å². The molecular formula is C13H8N3Na3O9S2. The Morgan fingerprint density at radius 1 is 0.933 bits per heavy atom. The third-order valence-corrected chi connectivity index (χ3v) is 4.87. The molecule has 2 aromatic rings. The quantitative estimate of drug-likeness (QED) is 0.177. The van der Waals surface area contributed by atoms with Crippen molar-refractivity contribution in [3.05, 3.63) is 35.9 Å². The van der Waals surface area contributed by atoms with Crippen LogP contribution in [0, 0.1) is 0 Å². The molecule has 17 heteroatoms. The monoisotopic (exact) mass is 483 g/mol. The van der Waals surface area contributed by atoms with Gasteiger partial charge < -0.3 is 25.3 Å². The minimum atomic E-state index is -5.22. The maximum Gasteiger partial charge on any atom is 1.00 e. The van der Waals surface area contributed by atoms with Crippen LogP contribution in [0.1, 0.15) is 10.4 Å². The van der Waals surface area contributed by atoms with E-state index < -0.39 is 58.7 Å². The molecule has 0 aliphatic carbocycles. The predicted molar refractivity (Wildman–Crippen MR) is 83.0 cm³/mol. The van der Waals surface area contributed by atoms with Crippen molar-refractivity contribution in [3.63, 3.8) is 0 Å².